The number of hydrogen-bond acceptors (Lipinski definition) is 4. The van der Waals surface area contributed by atoms with Crippen LogP contribution in [0.4, 0.5) is 4.39 Å². The maximum absolute atomic E-state index is 13.7. The van der Waals surface area contributed by atoms with Crippen LogP contribution < -0.4 is 10.1 Å². The van der Waals surface area contributed by atoms with Crippen molar-refractivity contribution in [3.8, 4) is 5.75 Å². The molecular weight excluding hydrogens is 329 g/mol. The third-order valence-corrected chi connectivity index (χ3v) is 5.26. The summed E-state index contributed by atoms with van der Waals surface area (Å²) in [6.45, 7) is 0. The molecule has 2 N–H and O–H groups in total. The standard InChI is InChI=1S/C18H20FNO3S/c1-23-16-5-4-12(19)9-15(16)18(11-7-13(21)8-11)20-17(22)10-14-3-2-6-24-14/h2-6,9,11,13,18,21H,7-8,10H2,1H3,(H,20,22)/t11?,13?,18-/m0/s1. The van der Waals surface area contributed by atoms with E-state index in [0.717, 1.165) is 4.88 Å². The molecular formula is C18H20FNO3S. The number of methoxy groups -OCH3 is 1. The highest BCUT2D eigenvalue weighted by Gasteiger charge is 2.37. The summed E-state index contributed by atoms with van der Waals surface area (Å²) >= 11 is 1.53. The number of benzene rings is 1. The molecule has 1 amide bonds. The zero-order chi connectivity index (χ0) is 17.1. The first kappa shape index (κ1) is 16.9. The number of nitrogens with one attached hydrogen (secondary N) is 1. The number of aliphatic hydroxyl groups excluding tert-OH is 1. The highest BCUT2D eigenvalue weighted by atomic mass is 32.1. The zero-order valence-corrected chi connectivity index (χ0v) is 14.2. The van der Waals surface area contributed by atoms with E-state index in [9.17, 15) is 14.3 Å². The van der Waals surface area contributed by atoms with Crippen LogP contribution >= 0.6 is 11.3 Å². The molecule has 0 radical (unpaired) electrons. The molecule has 3 rings (SSSR count). The van der Waals surface area contributed by atoms with Gasteiger partial charge in [-0.25, -0.2) is 4.39 Å². The number of hydrogen-bond donors (Lipinski definition) is 2. The second-order valence-electron chi connectivity index (χ2n) is 6.07. The number of halogens is 1. The maximum atomic E-state index is 13.7. The van der Waals surface area contributed by atoms with Gasteiger partial charge < -0.3 is 15.2 Å². The van der Waals surface area contributed by atoms with E-state index >= 15 is 0 Å². The summed E-state index contributed by atoms with van der Waals surface area (Å²) in [5, 5.41) is 14.6. The van der Waals surface area contributed by atoms with E-state index in [1.807, 2.05) is 17.5 Å². The first-order valence-electron chi connectivity index (χ1n) is 7.90. The fraction of sp³-hybridized carbons (Fsp3) is 0.389. The van der Waals surface area contributed by atoms with Crippen LogP contribution in [0.3, 0.4) is 0 Å². The van der Waals surface area contributed by atoms with Gasteiger partial charge in [0.15, 0.2) is 0 Å². The second kappa shape index (κ2) is 7.32. The molecule has 0 unspecified atom stereocenters. The predicted octanol–water partition coefficient (Wildman–Crippen LogP) is 3.07. The number of amides is 1. The molecule has 1 heterocycles. The molecule has 0 aliphatic heterocycles. The number of aliphatic hydroxyl groups is 1. The van der Waals surface area contributed by atoms with Crippen molar-refractivity contribution in [1.29, 1.82) is 0 Å². The first-order chi connectivity index (χ1) is 11.6. The Kier molecular flexibility index (Phi) is 5.16. The predicted molar refractivity (Wildman–Crippen MR) is 90.6 cm³/mol. The van der Waals surface area contributed by atoms with E-state index in [2.05, 4.69) is 5.32 Å². The van der Waals surface area contributed by atoms with E-state index in [4.69, 9.17) is 4.74 Å². The molecule has 1 aromatic carbocycles. The minimum Gasteiger partial charge on any atom is -0.496 e. The Morgan fingerprint density at radius 3 is 2.88 bits per heavy atom. The van der Waals surface area contributed by atoms with Crippen molar-refractivity contribution in [3.63, 3.8) is 0 Å². The van der Waals surface area contributed by atoms with Gasteiger partial charge in [0.1, 0.15) is 11.6 Å². The molecule has 0 bridgehead atoms. The SMILES string of the molecule is COc1ccc(F)cc1[C@@H](NC(=O)Cc1cccs1)C1CC(O)C1. The lowest BCUT2D eigenvalue weighted by molar-refractivity contribution is -0.122. The summed E-state index contributed by atoms with van der Waals surface area (Å²) in [6, 6.07) is 7.75. The summed E-state index contributed by atoms with van der Waals surface area (Å²) in [7, 11) is 1.52. The van der Waals surface area contributed by atoms with Crippen LogP contribution in [-0.4, -0.2) is 24.2 Å². The van der Waals surface area contributed by atoms with Gasteiger partial charge >= 0.3 is 0 Å². The minimum atomic E-state index is -0.372. The van der Waals surface area contributed by atoms with Gasteiger partial charge in [-0.3, -0.25) is 4.79 Å². The molecule has 6 heteroatoms. The van der Waals surface area contributed by atoms with Crippen LogP contribution in [-0.2, 0) is 11.2 Å². The number of ether oxygens (including phenoxy) is 1. The first-order valence-corrected chi connectivity index (χ1v) is 8.78. The quantitative estimate of drug-likeness (QED) is 0.843. The lowest BCUT2D eigenvalue weighted by Crippen LogP contribution is -2.42. The Balaban J connectivity index is 1.81. The lowest BCUT2D eigenvalue weighted by Gasteiger charge is -2.38. The highest BCUT2D eigenvalue weighted by molar-refractivity contribution is 7.10. The largest absolute Gasteiger partial charge is 0.496 e. The third kappa shape index (κ3) is 3.76. The number of thiophene rings is 1. The Morgan fingerprint density at radius 2 is 2.25 bits per heavy atom. The van der Waals surface area contributed by atoms with Crippen molar-refractivity contribution in [2.24, 2.45) is 5.92 Å². The summed E-state index contributed by atoms with van der Waals surface area (Å²) < 4.78 is 19.1. The van der Waals surface area contributed by atoms with Crippen molar-refractivity contribution in [2.75, 3.05) is 7.11 Å². The van der Waals surface area contributed by atoms with E-state index in [0.29, 0.717) is 30.6 Å². The Labute approximate surface area is 144 Å². The van der Waals surface area contributed by atoms with Gasteiger partial charge in [-0.05, 0) is 48.4 Å². The fourth-order valence-corrected chi connectivity index (χ4v) is 3.80. The van der Waals surface area contributed by atoms with Gasteiger partial charge in [0.05, 0.1) is 25.7 Å². The molecule has 1 atom stereocenters. The highest BCUT2D eigenvalue weighted by Crippen LogP contribution is 2.41. The average molecular weight is 349 g/mol. The van der Waals surface area contributed by atoms with Crippen molar-refractivity contribution in [2.45, 2.75) is 31.4 Å². The molecule has 24 heavy (non-hydrogen) atoms. The van der Waals surface area contributed by atoms with E-state index in [1.54, 1.807) is 6.07 Å². The molecule has 4 nitrogen and oxygen atoms in total. The zero-order valence-electron chi connectivity index (χ0n) is 13.4. The number of carbonyl (C=O) groups excluding carboxylic acids is 1. The van der Waals surface area contributed by atoms with Gasteiger partial charge in [0, 0.05) is 10.4 Å². The summed E-state index contributed by atoms with van der Waals surface area (Å²) in [5.41, 5.74) is 0.619. The Hall–Kier alpha value is -1.92. The monoisotopic (exact) mass is 349 g/mol. The normalized spacial score (nSPS) is 21.0. The molecule has 1 aromatic heterocycles. The molecule has 1 aliphatic rings. The summed E-state index contributed by atoms with van der Waals surface area (Å²) in [4.78, 5) is 13.4. The summed E-state index contributed by atoms with van der Waals surface area (Å²) in [6.07, 6.45) is 1.11. The van der Waals surface area contributed by atoms with Crippen LogP contribution in [0.2, 0.25) is 0 Å². The van der Waals surface area contributed by atoms with Gasteiger partial charge in [0.25, 0.3) is 0 Å². The van der Waals surface area contributed by atoms with Gasteiger partial charge in [-0.15, -0.1) is 11.3 Å². The molecule has 2 aromatic rings. The molecule has 0 spiro atoms. The van der Waals surface area contributed by atoms with Crippen LogP contribution in [0.15, 0.2) is 35.7 Å². The van der Waals surface area contributed by atoms with Crippen molar-refractivity contribution in [1.82, 2.24) is 5.32 Å². The maximum Gasteiger partial charge on any atom is 0.225 e. The second-order valence-corrected chi connectivity index (χ2v) is 7.11. The molecule has 1 fully saturated rings. The van der Waals surface area contributed by atoms with E-state index in [1.165, 1.54) is 30.6 Å². The van der Waals surface area contributed by atoms with Crippen LogP contribution in [0.1, 0.15) is 29.3 Å². The smallest absolute Gasteiger partial charge is 0.225 e. The van der Waals surface area contributed by atoms with Gasteiger partial charge in [-0.1, -0.05) is 6.07 Å². The minimum absolute atomic E-state index is 0.0722. The van der Waals surface area contributed by atoms with Gasteiger partial charge in [-0.2, -0.15) is 0 Å². The average Bonchev–Trinajstić information content (AvgIpc) is 3.02. The van der Waals surface area contributed by atoms with Crippen LogP contribution in [0.25, 0.3) is 0 Å². The lowest BCUT2D eigenvalue weighted by atomic mass is 9.74. The Bertz CT molecular complexity index is 698. The van der Waals surface area contributed by atoms with Crippen molar-refractivity contribution in [3.05, 3.63) is 52.0 Å². The van der Waals surface area contributed by atoms with E-state index in [-0.39, 0.29) is 29.8 Å². The fourth-order valence-electron chi connectivity index (χ4n) is 3.10. The van der Waals surface area contributed by atoms with Crippen LogP contribution in [0, 0.1) is 11.7 Å². The number of carbonyl (C=O) groups is 1. The topological polar surface area (TPSA) is 58.6 Å². The molecule has 0 saturated heterocycles. The third-order valence-electron chi connectivity index (χ3n) is 4.38. The van der Waals surface area contributed by atoms with E-state index < -0.39 is 0 Å². The Morgan fingerprint density at radius 1 is 1.46 bits per heavy atom. The summed E-state index contributed by atoms with van der Waals surface area (Å²) in [5.74, 6) is 0.125. The van der Waals surface area contributed by atoms with Crippen molar-refractivity contribution < 1.29 is 19.0 Å². The van der Waals surface area contributed by atoms with Crippen LogP contribution in [0.5, 0.6) is 5.75 Å². The molecule has 1 aliphatic carbocycles. The molecule has 128 valence electrons. The van der Waals surface area contributed by atoms with Gasteiger partial charge in [0.2, 0.25) is 5.91 Å². The molecule has 1 saturated carbocycles. The van der Waals surface area contributed by atoms with Crippen molar-refractivity contribution >= 4 is 17.2 Å². The number of rotatable bonds is 6.